The average Bonchev–Trinajstić information content (AvgIpc) is 2.83. The maximum Gasteiger partial charge on any atom is 0.155 e. The summed E-state index contributed by atoms with van der Waals surface area (Å²) in [6, 6.07) is -0.432. The van der Waals surface area contributed by atoms with Gasteiger partial charge in [0.15, 0.2) is 5.78 Å². The Morgan fingerprint density at radius 3 is 2.82 bits per heavy atom. The predicted molar refractivity (Wildman–Crippen MR) is 87.2 cm³/mol. The molecule has 1 N–H and O–H groups in total. The highest BCUT2D eigenvalue weighted by Crippen LogP contribution is 2.64. The quantitative estimate of drug-likeness (QED) is 0.735. The zero-order valence-corrected chi connectivity index (χ0v) is 13.7. The van der Waals surface area contributed by atoms with E-state index in [1.807, 2.05) is 6.92 Å². The second-order valence-electron chi connectivity index (χ2n) is 8.33. The highest BCUT2D eigenvalue weighted by Gasteiger charge is 2.59. The molecular formula is C20H30O2. The van der Waals surface area contributed by atoms with E-state index in [1.165, 1.54) is 0 Å². The number of aliphatic hydroxyl groups is 1. The van der Waals surface area contributed by atoms with Crippen molar-refractivity contribution in [2.75, 3.05) is 0 Å². The number of fused-ring (bicyclic) bond motifs is 5. The van der Waals surface area contributed by atoms with Crippen LogP contribution in [0.3, 0.4) is 0 Å². The maximum atomic E-state index is 12.4. The number of hydrogen-bond acceptors (Lipinski definition) is 2. The Kier molecular flexibility index (Phi) is 2.30. The smallest absolute Gasteiger partial charge is 0.155 e. The summed E-state index contributed by atoms with van der Waals surface area (Å²) in [7, 11) is 0. The van der Waals surface area contributed by atoms with Crippen LogP contribution in [-0.4, -0.2) is 17.0 Å². The SMILES string of the molecule is [2H]C1=C2[C@H](CC([2H])([2H])C1=O)C1C(C3CC[C@H](O)[C@@]3(C)C[C@@H]1C)[C@H](C)C2([2H])[2H]. The van der Waals surface area contributed by atoms with Crippen molar-refractivity contribution >= 4 is 5.78 Å². The highest BCUT2D eigenvalue weighted by atomic mass is 16.3. The molecule has 0 aromatic carbocycles. The van der Waals surface area contributed by atoms with Gasteiger partial charge in [0.25, 0.3) is 0 Å². The summed E-state index contributed by atoms with van der Waals surface area (Å²) in [6.45, 7) is 6.16. The molecular weight excluding hydrogens is 272 g/mol. The molecule has 4 rings (SSSR count). The Bertz CT molecular complexity index is 717. The molecule has 0 aromatic rings. The summed E-state index contributed by atoms with van der Waals surface area (Å²) < 4.78 is 42.2. The molecule has 0 spiro atoms. The topological polar surface area (TPSA) is 37.3 Å². The summed E-state index contributed by atoms with van der Waals surface area (Å²) in [5, 5.41) is 10.7. The van der Waals surface area contributed by atoms with Crippen molar-refractivity contribution in [3.05, 3.63) is 11.6 Å². The fourth-order valence-electron chi connectivity index (χ4n) is 6.36. The lowest BCUT2D eigenvalue weighted by Crippen LogP contribution is -2.53. The molecule has 0 heterocycles. The van der Waals surface area contributed by atoms with Crippen LogP contribution in [0, 0.1) is 40.9 Å². The third-order valence-electron chi connectivity index (χ3n) is 7.21. The fourth-order valence-corrected chi connectivity index (χ4v) is 6.36. The zero-order valence-electron chi connectivity index (χ0n) is 18.7. The minimum Gasteiger partial charge on any atom is -0.393 e. The first-order valence-electron chi connectivity index (χ1n) is 11.3. The van der Waals surface area contributed by atoms with Crippen molar-refractivity contribution in [1.82, 2.24) is 0 Å². The van der Waals surface area contributed by atoms with Crippen molar-refractivity contribution in [3.63, 3.8) is 0 Å². The molecule has 0 aliphatic heterocycles. The van der Waals surface area contributed by atoms with Gasteiger partial charge in [-0.25, -0.2) is 0 Å². The van der Waals surface area contributed by atoms with E-state index in [2.05, 4.69) is 13.8 Å². The van der Waals surface area contributed by atoms with E-state index >= 15 is 0 Å². The van der Waals surface area contributed by atoms with E-state index in [9.17, 15) is 9.90 Å². The Morgan fingerprint density at radius 1 is 1.27 bits per heavy atom. The van der Waals surface area contributed by atoms with Gasteiger partial charge in [0.2, 0.25) is 0 Å². The first-order valence-corrected chi connectivity index (χ1v) is 8.78. The van der Waals surface area contributed by atoms with Gasteiger partial charge in [0.05, 0.1) is 7.47 Å². The summed E-state index contributed by atoms with van der Waals surface area (Å²) in [5.74, 6) is -1.13. The van der Waals surface area contributed by atoms with Crippen molar-refractivity contribution in [2.45, 2.75) is 65.3 Å². The first kappa shape index (κ1) is 10.3. The molecule has 22 heavy (non-hydrogen) atoms. The number of allylic oxidation sites excluding steroid dienone is 1. The maximum absolute atomic E-state index is 12.4. The van der Waals surface area contributed by atoms with E-state index in [-0.39, 0.29) is 53.1 Å². The lowest BCUT2D eigenvalue weighted by atomic mass is 9.47. The van der Waals surface area contributed by atoms with Gasteiger partial charge in [-0.1, -0.05) is 26.3 Å². The Labute approximate surface area is 141 Å². The van der Waals surface area contributed by atoms with Gasteiger partial charge in [0, 0.05) is 11.9 Å². The number of ketones is 1. The van der Waals surface area contributed by atoms with Crippen LogP contribution in [0.1, 0.15) is 66.1 Å². The number of carbonyl (C=O) groups is 1. The highest BCUT2D eigenvalue weighted by molar-refractivity contribution is 5.91. The van der Waals surface area contributed by atoms with E-state index in [0.29, 0.717) is 0 Å². The van der Waals surface area contributed by atoms with Crippen molar-refractivity contribution in [3.8, 4) is 0 Å². The molecule has 3 fully saturated rings. The summed E-state index contributed by atoms with van der Waals surface area (Å²) >= 11 is 0. The molecule has 4 aliphatic rings. The van der Waals surface area contributed by atoms with E-state index in [4.69, 9.17) is 6.85 Å². The van der Waals surface area contributed by atoms with Crippen LogP contribution in [-0.2, 0) is 4.79 Å². The van der Waals surface area contributed by atoms with Crippen LogP contribution >= 0.6 is 0 Å². The van der Waals surface area contributed by atoms with Gasteiger partial charge in [-0.15, -0.1) is 0 Å². The van der Waals surface area contributed by atoms with Crippen LogP contribution < -0.4 is 0 Å². The molecule has 0 bridgehead atoms. The molecule has 2 nitrogen and oxygen atoms in total. The molecule has 3 unspecified atom stereocenters. The second-order valence-corrected chi connectivity index (χ2v) is 8.33. The summed E-state index contributed by atoms with van der Waals surface area (Å²) in [4.78, 5) is 12.4. The van der Waals surface area contributed by atoms with Gasteiger partial charge in [-0.05, 0) is 79.0 Å². The Hall–Kier alpha value is -0.630. The monoisotopic (exact) mass is 307 g/mol. The largest absolute Gasteiger partial charge is 0.393 e. The second kappa shape index (κ2) is 4.93. The Morgan fingerprint density at radius 2 is 2.05 bits per heavy atom. The molecule has 8 atom stereocenters. The van der Waals surface area contributed by atoms with Crippen LogP contribution in [0.2, 0.25) is 0 Å². The van der Waals surface area contributed by atoms with E-state index < -0.39 is 30.5 Å². The number of hydrogen-bond donors (Lipinski definition) is 1. The normalized spacial score (nSPS) is 62.6. The average molecular weight is 307 g/mol. The van der Waals surface area contributed by atoms with Crippen LogP contribution in [0.5, 0.6) is 0 Å². The molecule has 3 saturated carbocycles. The summed E-state index contributed by atoms with van der Waals surface area (Å²) in [6.07, 6.45) is -1.83. The third-order valence-corrected chi connectivity index (χ3v) is 7.21. The molecule has 4 aliphatic carbocycles. The molecule has 0 aromatic heterocycles. The standard InChI is InChI=1S/C20H30O2/c1-11-8-13-9-14(21)4-5-15(13)18-12(2)10-20(3)16(19(11)18)6-7-17(20)22/h9,11-12,15-19,22H,4-8,10H2,1-3H3/t11-,12+,15+,16?,17+,18?,19?,20+/m1/s1/i4D2,8D2,9D. The van der Waals surface area contributed by atoms with Gasteiger partial charge in [-0.3, -0.25) is 4.79 Å². The van der Waals surface area contributed by atoms with Crippen LogP contribution in [0.15, 0.2) is 11.6 Å². The van der Waals surface area contributed by atoms with E-state index in [1.54, 1.807) is 0 Å². The van der Waals surface area contributed by atoms with Crippen LogP contribution in [0.4, 0.5) is 0 Å². The zero-order chi connectivity index (χ0) is 20.1. The minimum absolute atomic E-state index is 0.0206. The molecule has 2 heteroatoms. The Balaban J connectivity index is 1.88. The van der Waals surface area contributed by atoms with Gasteiger partial charge >= 0.3 is 0 Å². The van der Waals surface area contributed by atoms with E-state index in [0.717, 1.165) is 19.3 Å². The number of carbonyl (C=O) groups excluding carboxylic acids is 1. The first-order chi connectivity index (χ1) is 12.3. The van der Waals surface area contributed by atoms with Crippen LogP contribution in [0.25, 0.3) is 0 Å². The number of rotatable bonds is 0. The van der Waals surface area contributed by atoms with Crippen molar-refractivity contribution in [1.29, 1.82) is 0 Å². The van der Waals surface area contributed by atoms with Crippen molar-refractivity contribution in [2.24, 2.45) is 40.9 Å². The molecule has 0 radical (unpaired) electrons. The predicted octanol–water partition coefficient (Wildman–Crippen LogP) is 3.98. The minimum atomic E-state index is -2.10. The van der Waals surface area contributed by atoms with Gasteiger partial charge in [0.1, 0.15) is 0 Å². The molecule has 0 saturated heterocycles. The molecule has 122 valence electrons. The summed E-state index contributed by atoms with van der Waals surface area (Å²) in [5.41, 5.74) is 0.0183. The fraction of sp³-hybridized carbons (Fsp3) is 0.850. The molecule has 0 amide bonds. The van der Waals surface area contributed by atoms with Crippen molar-refractivity contribution < 1.29 is 16.8 Å². The van der Waals surface area contributed by atoms with Gasteiger partial charge < -0.3 is 5.11 Å². The van der Waals surface area contributed by atoms with Gasteiger partial charge in [-0.2, -0.15) is 0 Å². The number of aliphatic hydroxyl groups excluding tert-OH is 1. The lowest BCUT2D eigenvalue weighted by molar-refractivity contribution is -0.118. The third kappa shape index (κ3) is 1.92. The lowest BCUT2D eigenvalue weighted by Gasteiger charge is -2.58.